The first-order chi connectivity index (χ1) is 30.4. The van der Waals surface area contributed by atoms with Crippen molar-refractivity contribution in [3.8, 4) is 39.8 Å². The number of amides is 1. The summed E-state index contributed by atoms with van der Waals surface area (Å²) < 4.78 is 85.8. The van der Waals surface area contributed by atoms with Gasteiger partial charge in [-0.05, 0) is 109 Å². The average molecular weight is 934 g/mol. The van der Waals surface area contributed by atoms with E-state index < -0.39 is 41.5 Å². The molecular weight excluding hydrogens is 884 g/mol. The lowest BCUT2D eigenvalue weighted by molar-refractivity contribution is 0.0528. The molecule has 5 aromatic carbocycles. The number of nitrogens with zero attached hydrogens (tertiary/aromatic N) is 5. The van der Waals surface area contributed by atoms with Crippen LogP contribution in [0.4, 0.5) is 10.5 Å². The Kier molecular flexibility index (Phi) is 14.8. The van der Waals surface area contributed by atoms with E-state index in [2.05, 4.69) is 25.4 Å². The highest BCUT2D eigenvalue weighted by atomic mass is 35.5. The molecule has 0 saturated carbocycles. The highest BCUT2D eigenvalue weighted by molar-refractivity contribution is 7.92. The third-order valence-corrected chi connectivity index (χ3v) is 13.3. The standard InChI is InChI=1S/C44H49ClN8O9S2/c1-44(2,3)62-43(54)47-23-24-48-63(55,56)39-22-20-36(37-25-32(45)13-21-38(37)46)40(42-49-51-53(50-42)28-31-11-18-35(61-6)19-12-31)41(39)64(57,58)52(26-29-7-14-33(59-4)15-8-29)27-30-9-16-34(60-5)17-10-30/h7-22,25,48H,23-24,26-28,46H2,1-6H3,(H,47,54). The van der Waals surface area contributed by atoms with Gasteiger partial charge in [0.15, 0.2) is 0 Å². The molecule has 0 fully saturated rings. The molecule has 6 rings (SSSR count). The lowest BCUT2D eigenvalue weighted by Crippen LogP contribution is -2.38. The minimum atomic E-state index is -4.94. The summed E-state index contributed by atoms with van der Waals surface area (Å²) in [5.74, 6) is 1.51. The van der Waals surface area contributed by atoms with Crippen LogP contribution in [0.1, 0.15) is 37.5 Å². The van der Waals surface area contributed by atoms with Crippen molar-refractivity contribution < 1.29 is 40.6 Å². The van der Waals surface area contributed by atoms with Crippen LogP contribution < -0.4 is 30.0 Å². The topological polar surface area (TPSA) is 219 Å². The SMILES string of the molecule is COc1ccc(CN(Cc2ccc(OC)cc2)S(=O)(=O)c2c(S(=O)(=O)NCCNC(=O)OC(C)(C)C)ccc(-c3cc(Cl)ccc3N)c2-c2nnn(Cc3ccc(OC)cc3)n2)cc1. The van der Waals surface area contributed by atoms with Crippen molar-refractivity contribution in [1.82, 2.24) is 34.6 Å². The van der Waals surface area contributed by atoms with E-state index in [1.807, 2.05) is 12.1 Å². The number of ether oxygens (including phenoxy) is 4. The monoisotopic (exact) mass is 932 g/mol. The number of aromatic nitrogens is 4. The van der Waals surface area contributed by atoms with E-state index >= 15 is 8.42 Å². The van der Waals surface area contributed by atoms with Gasteiger partial charge in [-0.25, -0.2) is 26.4 Å². The number of halogens is 1. The van der Waals surface area contributed by atoms with Gasteiger partial charge in [-0.1, -0.05) is 54.1 Å². The lowest BCUT2D eigenvalue weighted by atomic mass is 9.97. The molecule has 0 unspecified atom stereocenters. The second kappa shape index (κ2) is 20.1. The van der Waals surface area contributed by atoms with Crippen molar-refractivity contribution in [3.05, 3.63) is 125 Å². The van der Waals surface area contributed by atoms with E-state index in [1.54, 1.807) is 101 Å². The highest BCUT2D eigenvalue weighted by Gasteiger charge is 2.38. The molecule has 1 amide bonds. The molecule has 0 spiro atoms. The Morgan fingerprint density at radius 2 is 1.30 bits per heavy atom. The molecule has 1 heterocycles. The number of methoxy groups -OCH3 is 3. The fourth-order valence-electron chi connectivity index (χ4n) is 6.51. The molecule has 1 aromatic heterocycles. The molecule has 20 heteroatoms. The van der Waals surface area contributed by atoms with Crippen LogP contribution in [-0.2, 0) is 44.4 Å². The molecule has 4 N–H and O–H groups in total. The number of sulfonamides is 2. The van der Waals surface area contributed by atoms with Crippen molar-refractivity contribution in [1.29, 1.82) is 0 Å². The van der Waals surface area contributed by atoms with Gasteiger partial charge < -0.3 is 30.0 Å². The Morgan fingerprint density at radius 1 is 0.750 bits per heavy atom. The summed E-state index contributed by atoms with van der Waals surface area (Å²) in [4.78, 5) is 12.4. The first-order valence-corrected chi connectivity index (χ1v) is 23.1. The Bertz CT molecular complexity index is 2750. The minimum Gasteiger partial charge on any atom is -0.497 e. The lowest BCUT2D eigenvalue weighted by Gasteiger charge is -2.26. The summed E-state index contributed by atoms with van der Waals surface area (Å²) in [6.45, 7) is 4.22. The predicted octanol–water partition coefficient (Wildman–Crippen LogP) is 6.51. The number of benzene rings is 5. The molecule has 64 heavy (non-hydrogen) atoms. The number of alkyl carbamates (subject to hydrolysis) is 1. The van der Waals surface area contributed by atoms with E-state index in [4.69, 9.17) is 36.3 Å². The number of hydrogen-bond donors (Lipinski definition) is 3. The Labute approximate surface area is 377 Å². The number of nitrogens with one attached hydrogen (secondary N) is 2. The smallest absolute Gasteiger partial charge is 0.407 e. The minimum absolute atomic E-state index is 0.110. The van der Waals surface area contributed by atoms with Gasteiger partial charge >= 0.3 is 6.09 Å². The second-order valence-corrected chi connectivity index (χ2v) is 19.4. The van der Waals surface area contributed by atoms with Crippen molar-refractivity contribution in [3.63, 3.8) is 0 Å². The molecule has 17 nitrogen and oxygen atoms in total. The van der Waals surface area contributed by atoms with Crippen LogP contribution in [0.15, 0.2) is 113 Å². The van der Waals surface area contributed by atoms with E-state index in [-0.39, 0.29) is 65.9 Å². The largest absolute Gasteiger partial charge is 0.497 e. The number of tetrazole rings is 1. The molecule has 0 atom stereocenters. The first-order valence-electron chi connectivity index (χ1n) is 19.8. The zero-order chi connectivity index (χ0) is 46.2. The number of nitrogen functional groups attached to an aromatic ring is 1. The molecule has 0 bridgehead atoms. The first kappa shape index (κ1) is 47.2. The number of anilines is 1. The van der Waals surface area contributed by atoms with Gasteiger partial charge in [0.1, 0.15) is 32.6 Å². The maximum absolute atomic E-state index is 15.9. The highest BCUT2D eigenvalue weighted by Crippen LogP contribution is 2.43. The van der Waals surface area contributed by atoms with E-state index in [0.29, 0.717) is 28.4 Å². The van der Waals surface area contributed by atoms with Crippen LogP contribution in [0.25, 0.3) is 22.5 Å². The second-order valence-electron chi connectivity index (χ2n) is 15.3. The van der Waals surface area contributed by atoms with Crippen LogP contribution in [0.5, 0.6) is 17.2 Å². The fraction of sp³-hybridized carbons (Fsp3) is 0.273. The fourth-order valence-corrected chi connectivity index (χ4v) is 10.1. The number of hydrogen-bond acceptors (Lipinski definition) is 13. The number of rotatable bonds is 18. The van der Waals surface area contributed by atoms with E-state index in [1.165, 1.54) is 37.2 Å². The third kappa shape index (κ3) is 11.7. The van der Waals surface area contributed by atoms with Gasteiger partial charge in [-0.15, -0.1) is 10.2 Å². The van der Waals surface area contributed by atoms with E-state index in [9.17, 15) is 13.2 Å². The summed E-state index contributed by atoms with van der Waals surface area (Å²) in [7, 11) is -5.09. The zero-order valence-electron chi connectivity index (χ0n) is 36.0. The van der Waals surface area contributed by atoms with Crippen molar-refractivity contribution in [2.24, 2.45) is 0 Å². The van der Waals surface area contributed by atoms with Gasteiger partial charge in [-0.3, -0.25) is 0 Å². The van der Waals surface area contributed by atoms with Gasteiger partial charge in [0.05, 0.1) is 33.4 Å². The summed E-state index contributed by atoms with van der Waals surface area (Å²) in [6, 6.07) is 28.0. The number of carbonyl (C=O) groups is 1. The Balaban J connectivity index is 1.58. The molecule has 0 radical (unpaired) electrons. The normalized spacial score (nSPS) is 11.9. The Hall–Kier alpha value is -6.25. The summed E-state index contributed by atoms with van der Waals surface area (Å²) >= 11 is 6.52. The predicted molar refractivity (Wildman–Crippen MR) is 242 cm³/mol. The van der Waals surface area contributed by atoms with E-state index in [0.717, 1.165) is 9.87 Å². The molecule has 6 aromatic rings. The van der Waals surface area contributed by atoms with Crippen molar-refractivity contribution in [2.45, 2.75) is 55.8 Å². The molecule has 0 aliphatic rings. The Morgan fingerprint density at radius 3 is 1.83 bits per heavy atom. The van der Waals surface area contributed by atoms with Crippen LogP contribution in [0, 0.1) is 0 Å². The van der Waals surface area contributed by atoms with Gasteiger partial charge in [-0.2, -0.15) is 9.10 Å². The van der Waals surface area contributed by atoms with Crippen LogP contribution in [0.3, 0.4) is 0 Å². The van der Waals surface area contributed by atoms with Crippen molar-refractivity contribution in [2.75, 3.05) is 40.2 Å². The quantitative estimate of drug-likeness (QED) is 0.0619. The van der Waals surface area contributed by atoms with Crippen LogP contribution in [0.2, 0.25) is 5.02 Å². The maximum Gasteiger partial charge on any atom is 0.407 e. The molecule has 0 aliphatic carbocycles. The maximum atomic E-state index is 15.9. The average Bonchev–Trinajstić information content (AvgIpc) is 3.73. The van der Waals surface area contributed by atoms with Crippen LogP contribution in [-0.4, -0.2) is 87.5 Å². The van der Waals surface area contributed by atoms with Gasteiger partial charge in [0, 0.05) is 42.5 Å². The van der Waals surface area contributed by atoms with Gasteiger partial charge in [0.25, 0.3) is 0 Å². The summed E-state index contributed by atoms with van der Waals surface area (Å²) in [6.07, 6.45) is -0.766. The summed E-state index contributed by atoms with van der Waals surface area (Å²) in [5.41, 5.74) is 8.07. The number of nitrogens with two attached hydrogens (primary N) is 1. The third-order valence-electron chi connectivity index (χ3n) is 9.60. The van der Waals surface area contributed by atoms with Crippen LogP contribution >= 0.6 is 11.6 Å². The number of carbonyl (C=O) groups excluding carboxylic acids is 1. The molecule has 338 valence electrons. The van der Waals surface area contributed by atoms with Crippen molar-refractivity contribution >= 4 is 43.4 Å². The molecule has 0 saturated heterocycles. The molecular formula is C44H49ClN8O9S2. The summed E-state index contributed by atoms with van der Waals surface area (Å²) in [5, 5.41) is 16.0. The van der Waals surface area contributed by atoms with Gasteiger partial charge in [0.2, 0.25) is 25.9 Å². The zero-order valence-corrected chi connectivity index (χ0v) is 38.4. The molecule has 0 aliphatic heterocycles.